The van der Waals surface area contributed by atoms with Crippen LogP contribution in [-0.2, 0) is 4.79 Å². The minimum absolute atomic E-state index is 0.170. The van der Waals surface area contributed by atoms with Crippen LogP contribution in [0.25, 0.3) is 0 Å². The Balaban J connectivity index is 2.41. The van der Waals surface area contributed by atoms with Crippen molar-refractivity contribution in [2.45, 2.75) is 27.7 Å². The monoisotopic (exact) mass is 330 g/mol. The molecule has 0 saturated carbocycles. The molecule has 0 radical (unpaired) electrons. The Kier molecular flexibility index (Phi) is 4.85. The fourth-order valence-corrected chi connectivity index (χ4v) is 2.05. The smallest absolute Gasteiger partial charge is 0.229 e. The Morgan fingerprint density at radius 1 is 1.13 bits per heavy atom. The van der Waals surface area contributed by atoms with E-state index in [1.165, 1.54) is 6.20 Å². The Morgan fingerprint density at radius 3 is 2.39 bits per heavy atom. The van der Waals surface area contributed by atoms with Gasteiger partial charge in [-0.2, -0.15) is 0 Å². The average molecular weight is 331 g/mol. The van der Waals surface area contributed by atoms with Crippen LogP contribution in [0.5, 0.6) is 0 Å². The second-order valence-corrected chi connectivity index (χ2v) is 6.85. The van der Waals surface area contributed by atoms with Crippen molar-refractivity contribution in [1.82, 2.24) is 4.98 Å². The number of carbonyl (C=O) groups excluding carboxylic acids is 2. The third kappa shape index (κ3) is 4.17. The van der Waals surface area contributed by atoms with Crippen LogP contribution < -0.4 is 5.32 Å². The molecule has 0 spiro atoms. The first-order chi connectivity index (χ1) is 10.7. The Bertz CT molecular complexity index is 747. The van der Waals surface area contributed by atoms with Gasteiger partial charge in [0.05, 0.1) is 5.69 Å². The molecule has 1 aromatic carbocycles. The van der Waals surface area contributed by atoms with Crippen LogP contribution in [-0.4, -0.2) is 16.7 Å². The highest BCUT2D eigenvalue weighted by molar-refractivity contribution is 6.31. The molecule has 1 N–H and O–H groups in total. The van der Waals surface area contributed by atoms with Gasteiger partial charge in [-0.05, 0) is 37.3 Å². The standard InChI is InChI=1S/C18H19ClN2O2/c1-11-5-6-12(10-20-11)16(22)14-9-13(19)7-8-15(14)21-17(23)18(2,3)4/h5-10H,1-4H3,(H,21,23). The van der Waals surface area contributed by atoms with E-state index in [9.17, 15) is 9.59 Å². The van der Waals surface area contributed by atoms with Crippen molar-refractivity contribution in [2.24, 2.45) is 5.41 Å². The van der Waals surface area contributed by atoms with Gasteiger partial charge in [-0.1, -0.05) is 32.4 Å². The highest BCUT2D eigenvalue weighted by Gasteiger charge is 2.23. The molecule has 0 aliphatic heterocycles. The van der Waals surface area contributed by atoms with E-state index in [0.717, 1.165) is 5.69 Å². The minimum atomic E-state index is -0.564. The number of ketones is 1. The van der Waals surface area contributed by atoms with Gasteiger partial charge in [0.1, 0.15) is 0 Å². The zero-order valence-corrected chi connectivity index (χ0v) is 14.4. The van der Waals surface area contributed by atoms with Gasteiger partial charge in [-0.15, -0.1) is 0 Å². The van der Waals surface area contributed by atoms with Crippen LogP contribution >= 0.6 is 11.6 Å². The van der Waals surface area contributed by atoms with Crippen LogP contribution in [0.1, 0.15) is 42.4 Å². The molecule has 0 aliphatic carbocycles. The summed E-state index contributed by atoms with van der Waals surface area (Å²) in [6, 6.07) is 8.32. The van der Waals surface area contributed by atoms with Gasteiger partial charge in [-0.25, -0.2) is 0 Å². The first kappa shape index (κ1) is 17.2. The number of hydrogen-bond donors (Lipinski definition) is 1. The Hall–Kier alpha value is -2.20. The van der Waals surface area contributed by atoms with Gasteiger partial charge in [0.15, 0.2) is 5.78 Å². The fraction of sp³-hybridized carbons (Fsp3) is 0.278. The van der Waals surface area contributed by atoms with Crippen LogP contribution in [0.3, 0.4) is 0 Å². The predicted octanol–water partition coefficient (Wildman–Crippen LogP) is 4.26. The number of aryl methyl sites for hydroxylation is 1. The maximum absolute atomic E-state index is 12.7. The van der Waals surface area contributed by atoms with Gasteiger partial charge < -0.3 is 5.32 Å². The largest absolute Gasteiger partial charge is 0.325 e. The van der Waals surface area contributed by atoms with Gasteiger partial charge in [0.2, 0.25) is 5.91 Å². The number of halogens is 1. The summed E-state index contributed by atoms with van der Waals surface area (Å²) in [4.78, 5) is 29.1. The highest BCUT2D eigenvalue weighted by atomic mass is 35.5. The molecule has 23 heavy (non-hydrogen) atoms. The molecule has 0 atom stereocenters. The lowest BCUT2D eigenvalue weighted by Crippen LogP contribution is -2.28. The predicted molar refractivity (Wildman–Crippen MR) is 91.9 cm³/mol. The quantitative estimate of drug-likeness (QED) is 0.855. The van der Waals surface area contributed by atoms with Gasteiger partial charge >= 0.3 is 0 Å². The van der Waals surface area contributed by atoms with E-state index in [1.807, 2.05) is 27.7 Å². The number of rotatable bonds is 3. The summed E-state index contributed by atoms with van der Waals surface area (Å²) in [5.41, 5.74) is 1.50. The SMILES string of the molecule is Cc1ccc(C(=O)c2cc(Cl)ccc2NC(=O)C(C)(C)C)cn1. The van der Waals surface area contributed by atoms with E-state index < -0.39 is 5.41 Å². The number of nitrogens with zero attached hydrogens (tertiary/aromatic N) is 1. The number of aromatic nitrogens is 1. The molecule has 120 valence electrons. The summed E-state index contributed by atoms with van der Waals surface area (Å²) in [6.45, 7) is 7.28. The molecule has 1 aromatic heterocycles. The third-order valence-electron chi connectivity index (χ3n) is 3.33. The maximum Gasteiger partial charge on any atom is 0.229 e. The Morgan fingerprint density at radius 2 is 1.83 bits per heavy atom. The molecule has 2 aromatic rings. The van der Waals surface area contributed by atoms with Crippen LogP contribution in [0.4, 0.5) is 5.69 Å². The number of pyridine rings is 1. The first-order valence-electron chi connectivity index (χ1n) is 7.27. The van der Waals surface area contributed by atoms with Crippen LogP contribution in [0.2, 0.25) is 5.02 Å². The van der Waals surface area contributed by atoms with Crippen molar-refractivity contribution >= 4 is 29.0 Å². The number of anilines is 1. The summed E-state index contributed by atoms with van der Waals surface area (Å²) in [5.74, 6) is -0.403. The van der Waals surface area contributed by atoms with E-state index >= 15 is 0 Å². The fourth-order valence-electron chi connectivity index (χ4n) is 1.88. The molecule has 2 rings (SSSR count). The van der Waals surface area contributed by atoms with Gasteiger partial charge in [-0.3, -0.25) is 14.6 Å². The van der Waals surface area contributed by atoms with Gasteiger partial charge in [0, 0.05) is 33.5 Å². The molecule has 5 heteroatoms. The number of amides is 1. The molecule has 0 saturated heterocycles. The number of nitrogens with one attached hydrogen (secondary N) is 1. The van der Waals surface area contributed by atoms with E-state index in [0.29, 0.717) is 21.8 Å². The Labute approximate surface area is 140 Å². The van der Waals surface area contributed by atoms with Crippen molar-refractivity contribution in [2.75, 3.05) is 5.32 Å². The zero-order chi connectivity index (χ0) is 17.2. The second-order valence-electron chi connectivity index (χ2n) is 6.41. The first-order valence-corrected chi connectivity index (χ1v) is 7.64. The summed E-state index contributed by atoms with van der Waals surface area (Å²) >= 11 is 6.02. The molecule has 1 heterocycles. The van der Waals surface area contributed by atoms with E-state index in [4.69, 9.17) is 11.6 Å². The lowest BCUT2D eigenvalue weighted by molar-refractivity contribution is -0.123. The van der Waals surface area contributed by atoms with Crippen LogP contribution in [0, 0.1) is 12.3 Å². The van der Waals surface area contributed by atoms with Crippen molar-refractivity contribution < 1.29 is 9.59 Å². The third-order valence-corrected chi connectivity index (χ3v) is 3.56. The molecule has 0 fully saturated rings. The minimum Gasteiger partial charge on any atom is -0.325 e. The van der Waals surface area contributed by atoms with Crippen molar-refractivity contribution in [3.05, 3.63) is 58.4 Å². The van der Waals surface area contributed by atoms with Crippen molar-refractivity contribution in [1.29, 1.82) is 0 Å². The number of benzene rings is 1. The molecule has 0 unspecified atom stereocenters. The highest BCUT2D eigenvalue weighted by Crippen LogP contribution is 2.25. The lowest BCUT2D eigenvalue weighted by Gasteiger charge is -2.19. The molecule has 0 bridgehead atoms. The molecule has 4 nitrogen and oxygen atoms in total. The second kappa shape index (κ2) is 6.50. The summed E-state index contributed by atoms with van der Waals surface area (Å²) in [5, 5.41) is 3.23. The summed E-state index contributed by atoms with van der Waals surface area (Å²) in [7, 11) is 0. The van der Waals surface area contributed by atoms with Crippen LogP contribution in [0.15, 0.2) is 36.5 Å². The molecular formula is C18H19ClN2O2. The van der Waals surface area contributed by atoms with E-state index in [2.05, 4.69) is 10.3 Å². The number of hydrogen-bond acceptors (Lipinski definition) is 3. The number of carbonyl (C=O) groups is 2. The summed E-state index contributed by atoms with van der Waals surface area (Å²) in [6.07, 6.45) is 1.52. The maximum atomic E-state index is 12.7. The average Bonchev–Trinajstić information content (AvgIpc) is 2.48. The zero-order valence-electron chi connectivity index (χ0n) is 13.6. The van der Waals surface area contributed by atoms with Gasteiger partial charge in [0.25, 0.3) is 0 Å². The van der Waals surface area contributed by atoms with E-state index in [1.54, 1.807) is 30.3 Å². The lowest BCUT2D eigenvalue weighted by atomic mass is 9.95. The van der Waals surface area contributed by atoms with Crippen molar-refractivity contribution in [3.63, 3.8) is 0 Å². The topological polar surface area (TPSA) is 59.1 Å². The van der Waals surface area contributed by atoms with E-state index in [-0.39, 0.29) is 11.7 Å². The molecular weight excluding hydrogens is 312 g/mol. The molecule has 0 aliphatic rings. The molecule has 1 amide bonds. The van der Waals surface area contributed by atoms with Crippen molar-refractivity contribution in [3.8, 4) is 0 Å². The normalized spacial score (nSPS) is 11.2. The summed E-state index contributed by atoms with van der Waals surface area (Å²) < 4.78 is 0.